The summed E-state index contributed by atoms with van der Waals surface area (Å²) in [4.78, 5) is 5.57. The standard InChI is InChI=1S/C44H29N5/c1-28-34-27-26-29-14-12-23-37-41(29)42-33-20-9-10-21-35(33)47(31-17-6-3-7-18-31)44(42)49(37)39-25-13-24-38(45-39)48-36-22-11-8-19-32(36)40(28)43(48)46(34)30-15-4-2-5-16-30/h2-27H,1H3/b27-26-. The first-order valence-electron chi connectivity index (χ1n) is 16.8. The summed E-state index contributed by atoms with van der Waals surface area (Å²) in [6.07, 6.45) is 4.63. The zero-order chi connectivity index (χ0) is 32.2. The van der Waals surface area contributed by atoms with Gasteiger partial charge in [-0.25, -0.2) is 4.98 Å². The van der Waals surface area contributed by atoms with E-state index in [1.165, 1.54) is 43.6 Å². The van der Waals surface area contributed by atoms with Crippen LogP contribution in [-0.2, 0) is 0 Å². The summed E-state index contributed by atoms with van der Waals surface area (Å²) in [5.41, 5.74) is 11.5. The highest BCUT2D eigenvalue weighted by Crippen LogP contribution is 2.44. The molecule has 0 N–H and O–H groups in total. The second kappa shape index (κ2) is 9.72. The van der Waals surface area contributed by atoms with Crippen LogP contribution >= 0.6 is 0 Å². The Morgan fingerprint density at radius 2 is 0.939 bits per heavy atom. The van der Waals surface area contributed by atoms with Gasteiger partial charge in [-0.2, -0.15) is 0 Å². The van der Waals surface area contributed by atoms with E-state index < -0.39 is 0 Å². The van der Waals surface area contributed by atoms with Crippen LogP contribution in [0.25, 0.3) is 89.9 Å². The molecule has 49 heavy (non-hydrogen) atoms. The normalized spacial score (nSPS) is 13.2. The third-order valence-corrected chi connectivity index (χ3v) is 10.3. The van der Waals surface area contributed by atoms with Crippen LogP contribution in [0.5, 0.6) is 0 Å². The van der Waals surface area contributed by atoms with E-state index in [0.29, 0.717) is 0 Å². The van der Waals surface area contributed by atoms with E-state index in [9.17, 15) is 0 Å². The van der Waals surface area contributed by atoms with Crippen molar-refractivity contribution < 1.29 is 0 Å². The summed E-state index contributed by atoms with van der Waals surface area (Å²) in [5.74, 6) is 1.75. The first-order chi connectivity index (χ1) is 24.3. The zero-order valence-electron chi connectivity index (χ0n) is 26.7. The summed E-state index contributed by atoms with van der Waals surface area (Å²) in [7, 11) is 0. The molecule has 0 aliphatic carbocycles. The molecule has 0 saturated heterocycles. The third-order valence-electron chi connectivity index (χ3n) is 10.3. The molecule has 10 aromatic rings. The van der Waals surface area contributed by atoms with Gasteiger partial charge in [0.2, 0.25) is 0 Å². The van der Waals surface area contributed by atoms with Crippen LogP contribution in [0.15, 0.2) is 146 Å². The number of fused-ring (bicyclic) bond motifs is 12. The van der Waals surface area contributed by atoms with Crippen molar-refractivity contribution in [2.75, 3.05) is 0 Å². The SMILES string of the molecule is Cc1c2n(-c3ccccc3)c3c1c1ccccc1n3-c1cccc(n1)-n1c3cccc(c3c3c4ccccc4n(-c4ccccc4)c31)/C=C\2. The molecule has 11 rings (SSSR count). The van der Waals surface area contributed by atoms with Crippen LogP contribution in [0.4, 0.5) is 0 Å². The maximum Gasteiger partial charge on any atom is 0.141 e. The van der Waals surface area contributed by atoms with Crippen molar-refractivity contribution in [3.8, 4) is 23.0 Å². The lowest BCUT2D eigenvalue weighted by Gasteiger charge is -2.15. The molecular weight excluding hydrogens is 599 g/mol. The van der Waals surface area contributed by atoms with Gasteiger partial charge in [0.1, 0.15) is 22.9 Å². The minimum atomic E-state index is 0.874. The van der Waals surface area contributed by atoms with Gasteiger partial charge < -0.3 is 0 Å². The molecule has 5 aromatic carbocycles. The molecule has 0 fully saturated rings. The Kier molecular flexibility index (Phi) is 5.25. The number of aryl methyl sites for hydroxylation is 1. The largest absolute Gasteiger partial charge is 0.295 e. The first-order valence-corrected chi connectivity index (χ1v) is 16.8. The van der Waals surface area contributed by atoms with Crippen LogP contribution < -0.4 is 0 Å². The van der Waals surface area contributed by atoms with E-state index in [2.05, 4.69) is 183 Å². The number of hydrogen-bond acceptors (Lipinski definition) is 1. The van der Waals surface area contributed by atoms with Crippen molar-refractivity contribution in [3.63, 3.8) is 0 Å². The number of nitrogens with zero attached hydrogens (tertiary/aromatic N) is 5. The number of para-hydroxylation sites is 4. The number of benzene rings is 5. The van der Waals surface area contributed by atoms with Gasteiger partial charge >= 0.3 is 0 Å². The quantitative estimate of drug-likeness (QED) is 0.188. The number of pyridine rings is 1. The summed E-state index contributed by atoms with van der Waals surface area (Å²) in [5, 5.41) is 6.13. The maximum absolute atomic E-state index is 5.57. The molecule has 5 aromatic heterocycles. The van der Waals surface area contributed by atoms with E-state index >= 15 is 0 Å². The highest BCUT2D eigenvalue weighted by molar-refractivity contribution is 6.24. The molecule has 0 spiro atoms. The predicted molar refractivity (Wildman–Crippen MR) is 203 cm³/mol. The van der Waals surface area contributed by atoms with Crippen molar-refractivity contribution >= 4 is 66.9 Å². The Hall–Kier alpha value is -6.59. The predicted octanol–water partition coefficient (Wildman–Crippen LogP) is 10.8. The Balaban J connectivity index is 1.39. The maximum atomic E-state index is 5.57. The molecule has 0 radical (unpaired) electrons. The molecule has 5 nitrogen and oxygen atoms in total. The molecule has 1 aliphatic heterocycles. The molecule has 0 unspecified atom stereocenters. The average Bonchev–Trinajstić information content (AvgIpc) is 3.86. The smallest absolute Gasteiger partial charge is 0.141 e. The summed E-state index contributed by atoms with van der Waals surface area (Å²) >= 11 is 0. The second-order valence-corrected chi connectivity index (χ2v) is 12.9. The fourth-order valence-corrected chi connectivity index (χ4v) is 8.34. The van der Waals surface area contributed by atoms with E-state index in [4.69, 9.17) is 4.98 Å². The van der Waals surface area contributed by atoms with Crippen molar-refractivity contribution in [2.24, 2.45) is 0 Å². The van der Waals surface area contributed by atoms with Crippen LogP contribution in [0.2, 0.25) is 0 Å². The van der Waals surface area contributed by atoms with Crippen LogP contribution in [0, 0.1) is 6.92 Å². The highest BCUT2D eigenvalue weighted by atomic mass is 15.2. The van der Waals surface area contributed by atoms with Gasteiger partial charge in [0.25, 0.3) is 0 Å². The van der Waals surface area contributed by atoms with Crippen molar-refractivity contribution in [3.05, 3.63) is 162 Å². The third kappa shape index (κ3) is 3.46. The molecule has 5 heteroatoms. The number of hydrogen-bond donors (Lipinski definition) is 0. The molecular formula is C44H29N5. The van der Waals surface area contributed by atoms with Gasteiger partial charge in [0.15, 0.2) is 0 Å². The molecule has 6 heterocycles. The topological polar surface area (TPSA) is 32.6 Å². The Morgan fingerprint density at radius 1 is 0.408 bits per heavy atom. The Labute approximate surface area is 281 Å². The molecule has 0 amide bonds. The lowest BCUT2D eigenvalue weighted by Crippen LogP contribution is -2.07. The van der Waals surface area contributed by atoms with Gasteiger partial charge in [-0.15, -0.1) is 0 Å². The summed E-state index contributed by atoms with van der Waals surface area (Å²) < 4.78 is 9.53. The lowest BCUT2D eigenvalue weighted by atomic mass is 10.0. The summed E-state index contributed by atoms with van der Waals surface area (Å²) in [6.45, 7) is 2.26. The fourth-order valence-electron chi connectivity index (χ4n) is 8.34. The minimum Gasteiger partial charge on any atom is -0.295 e. The molecule has 8 bridgehead atoms. The number of aromatic nitrogens is 5. The van der Waals surface area contributed by atoms with E-state index in [1.807, 2.05) is 0 Å². The van der Waals surface area contributed by atoms with Crippen LogP contribution in [-0.4, -0.2) is 23.3 Å². The Morgan fingerprint density at radius 3 is 1.65 bits per heavy atom. The average molecular weight is 628 g/mol. The van der Waals surface area contributed by atoms with Crippen molar-refractivity contribution in [1.82, 2.24) is 23.3 Å². The number of rotatable bonds is 2. The molecule has 0 saturated carbocycles. The van der Waals surface area contributed by atoms with E-state index in [-0.39, 0.29) is 0 Å². The van der Waals surface area contributed by atoms with Crippen molar-refractivity contribution in [2.45, 2.75) is 6.92 Å². The van der Waals surface area contributed by atoms with Gasteiger partial charge in [-0.05, 0) is 78.7 Å². The zero-order valence-corrected chi connectivity index (χ0v) is 26.7. The van der Waals surface area contributed by atoms with E-state index in [1.54, 1.807) is 0 Å². The molecule has 1 aliphatic rings. The monoisotopic (exact) mass is 627 g/mol. The van der Waals surface area contributed by atoms with Gasteiger partial charge in [0.05, 0.1) is 22.2 Å². The summed E-state index contributed by atoms with van der Waals surface area (Å²) in [6, 6.07) is 52.0. The van der Waals surface area contributed by atoms with E-state index in [0.717, 1.165) is 51.0 Å². The first kappa shape index (κ1) is 26.5. The van der Waals surface area contributed by atoms with Gasteiger partial charge in [-0.1, -0.05) is 97.1 Å². The molecule has 230 valence electrons. The Bertz CT molecular complexity index is 2980. The van der Waals surface area contributed by atoms with Crippen LogP contribution in [0.3, 0.4) is 0 Å². The fraction of sp³-hybridized carbons (Fsp3) is 0.0227. The van der Waals surface area contributed by atoms with Gasteiger partial charge in [0, 0.05) is 38.3 Å². The highest BCUT2D eigenvalue weighted by Gasteiger charge is 2.27. The lowest BCUT2D eigenvalue weighted by molar-refractivity contribution is 0.963. The van der Waals surface area contributed by atoms with Crippen LogP contribution in [0.1, 0.15) is 16.8 Å². The second-order valence-electron chi connectivity index (χ2n) is 12.9. The minimum absolute atomic E-state index is 0.874. The molecule has 0 atom stereocenters. The van der Waals surface area contributed by atoms with Gasteiger partial charge in [-0.3, -0.25) is 18.3 Å². The van der Waals surface area contributed by atoms with Crippen molar-refractivity contribution in [1.29, 1.82) is 0 Å².